The summed E-state index contributed by atoms with van der Waals surface area (Å²) in [4.78, 5) is 0. The van der Waals surface area contributed by atoms with Crippen molar-refractivity contribution in [3.8, 4) is 24.7 Å². The molecule has 0 atom stereocenters. The van der Waals surface area contributed by atoms with Crippen molar-refractivity contribution in [2.45, 2.75) is 5.04 Å². The van der Waals surface area contributed by atoms with Crippen molar-refractivity contribution in [3.05, 3.63) is 47.0 Å². The van der Waals surface area contributed by atoms with Crippen molar-refractivity contribution < 1.29 is 0 Å². The molecule has 2 aliphatic rings. The first-order valence-electron chi connectivity index (χ1n) is 5.39. The number of hydrogen-bond donors (Lipinski definition) is 0. The smallest absolute Gasteiger partial charge is 0.118 e. The average Bonchev–Trinajstić information content (AvgIpc) is 2.77. The molecule has 0 saturated heterocycles. The van der Waals surface area contributed by atoms with Gasteiger partial charge in [-0.25, -0.2) is 0 Å². The van der Waals surface area contributed by atoms with Crippen LogP contribution in [0.5, 0.6) is 0 Å². The van der Waals surface area contributed by atoms with Crippen LogP contribution < -0.4 is 0 Å². The Labute approximate surface area is 104 Å². The van der Waals surface area contributed by atoms with Gasteiger partial charge in [-0.05, 0) is 28.3 Å². The minimum atomic E-state index is -0.539. The second-order valence-corrected chi connectivity index (χ2v) is 5.45. The summed E-state index contributed by atoms with van der Waals surface area (Å²) >= 11 is 0. The molecule has 0 aromatic heterocycles. The second-order valence-electron chi connectivity index (χ2n) is 4.08. The van der Waals surface area contributed by atoms with Gasteiger partial charge in [-0.2, -0.15) is 0 Å². The Morgan fingerprint density at radius 3 is 2.65 bits per heavy atom. The third kappa shape index (κ3) is 1.24. The summed E-state index contributed by atoms with van der Waals surface area (Å²) in [6, 6.07) is 8.29. The summed E-state index contributed by atoms with van der Waals surface area (Å²) in [5, 5.41) is -0.539. The van der Waals surface area contributed by atoms with E-state index < -0.39 is 5.04 Å². The number of hydrogen-bond acceptors (Lipinski definition) is 0. The maximum Gasteiger partial charge on any atom is 0.121 e. The third-order valence-electron chi connectivity index (χ3n) is 3.23. The summed E-state index contributed by atoms with van der Waals surface area (Å²) in [6.07, 6.45) is 15.6. The molecule has 1 aliphatic heterocycles. The Morgan fingerprint density at radius 2 is 1.88 bits per heavy atom. The molecule has 1 heterocycles. The van der Waals surface area contributed by atoms with Gasteiger partial charge in [0.25, 0.3) is 0 Å². The Morgan fingerprint density at radius 1 is 1.12 bits per heavy atom. The van der Waals surface area contributed by atoms with Crippen molar-refractivity contribution in [2.75, 3.05) is 0 Å². The van der Waals surface area contributed by atoms with Gasteiger partial charge < -0.3 is 0 Å². The fourth-order valence-electron chi connectivity index (χ4n) is 2.34. The maximum atomic E-state index is 5.67. The number of rotatable bonds is 0. The Kier molecular flexibility index (Phi) is 2.05. The second kappa shape index (κ2) is 3.45. The van der Waals surface area contributed by atoms with E-state index >= 15 is 0 Å². The zero-order chi connectivity index (χ0) is 11.9. The van der Waals surface area contributed by atoms with Crippen LogP contribution in [0.1, 0.15) is 11.1 Å². The summed E-state index contributed by atoms with van der Waals surface area (Å²) in [6.45, 7) is 0. The summed E-state index contributed by atoms with van der Waals surface area (Å²) in [5.74, 6) is 5.62. The van der Waals surface area contributed by atoms with Crippen LogP contribution in [-0.4, -0.2) is 14.8 Å². The molecule has 1 heteroatoms. The minimum absolute atomic E-state index is 0.462. The zero-order valence-electron chi connectivity index (χ0n) is 9.20. The highest BCUT2D eigenvalue weighted by atomic mass is 28.2. The molecular weight excluding hydrogens is 220 g/mol. The summed E-state index contributed by atoms with van der Waals surface area (Å²) in [7, 11) is 0.462. The first-order chi connectivity index (χ1) is 8.30. The lowest BCUT2D eigenvalue weighted by molar-refractivity contribution is 1.14. The monoisotopic (exact) mass is 229 g/mol. The van der Waals surface area contributed by atoms with Crippen LogP contribution >= 0.6 is 0 Å². The van der Waals surface area contributed by atoms with Gasteiger partial charge in [0.1, 0.15) is 5.04 Å². The Hall–Kier alpha value is -2.09. The molecule has 1 aromatic carbocycles. The highest BCUT2D eigenvalue weighted by molar-refractivity contribution is 6.58. The molecule has 0 fully saturated rings. The van der Waals surface area contributed by atoms with Crippen molar-refractivity contribution in [2.24, 2.45) is 0 Å². The number of benzene rings is 1. The van der Waals surface area contributed by atoms with Crippen LogP contribution in [0.2, 0.25) is 5.04 Å². The molecule has 77 valence electrons. The topological polar surface area (TPSA) is 0 Å². The van der Waals surface area contributed by atoms with E-state index in [2.05, 4.69) is 41.8 Å². The number of allylic oxidation sites excluding steroid dienone is 3. The third-order valence-corrected chi connectivity index (χ3v) is 4.55. The predicted octanol–water partition coefficient (Wildman–Crippen LogP) is 2.41. The van der Waals surface area contributed by atoms with Crippen LogP contribution in [-0.2, 0) is 0 Å². The van der Waals surface area contributed by atoms with Gasteiger partial charge >= 0.3 is 0 Å². The van der Waals surface area contributed by atoms with Crippen LogP contribution in [0.25, 0.3) is 11.6 Å². The van der Waals surface area contributed by atoms with Crippen molar-refractivity contribution in [1.82, 2.24) is 0 Å². The lowest BCUT2D eigenvalue weighted by Gasteiger charge is -2.24. The standard InChI is InChI=1S/C16H9Si/c1-3-16(4-2)15-11-12-7-5-6-8-13(12)14(15)9-10-17-16/h1-2,5-11H. The highest BCUT2D eigenvalue weighted by Gasteiger charge is 2.35. The first kappa shape index (κ1) is 10.1. The first-order valence-corrected chi connectivity index (χ1v) is 6.47. The van der Waals surface area contributed by atoms with Crippen molar-refractivity contribution >= 4 is 26.5 Å². The molecule has 1 aromatic rings. The predicted molar refractivity (Wildman–Crippen MR) is 74.6 cm³/mol. The molecule has 17 heavy (non-hydrogen) atoms. The molecule has 3 rings (SSSR count). The van der Waals surface area contributed by atoms with Gasteiger partial charge in [-0.1, -0.05) is 47.9 Å². The normalized spacial score (nSPS) is 18.2. The average molecular weight is 229 g/mol. The van der Waals surface area contributed by atoms with E-state index in [-0.39, 0.29) is 0 Å². The molecule has 0 unspecified atom stereocenters. The van der Waals surface area contributed by atoms with Crippen molar-refractivity contribution in [1.29, 1.82) is 0 Å². The number of terminal acetylenes is 2. The van der Waals surface area contributed by atoms with Gasteiger partial charge in [0, 0.05) is 0 Å². The molecule has 0 saturated carbocycles. The lowest BCUT2D eigenvalue weighted by atomic mass is 9.92. The van der Waals surface area contributed by atoms with Crippen LogP contribution in [0.4, 0.5) is 0 Å². The fraction of sp³-hybridized carbons (Fsp3) is 0.0625. The molecule has 0 nitrogen and oxygen atoms in total. The zero-order valence-corrected chi connectivity index (χ0v) is 10.2. The van der Waals surface area contributed by atoms with Crippen LogP contribution in [0, 0.1) is 24.7 Å². The molecule has 0 N–H and O–H groups in total. The van der Waals surface area contributed by atoms with Gasteiger partial charge in [-0.3, -0.25) is 0 Å². The summed E-state index contributed by atoms with van der Waals surface area (Å²) < 4.78 is 0. The number of fused-ring (bicyclic) bond motifs is 3. The fourth-order valence-corrected chi connectivity index (χ4v) is 3.37. The van der Waals surface area contributed by atoms with E-state index in [1.165, 1.54) is 16.7 Å². The van der Waals surface area contributed by atoms with Gasteiger partial charge in [0.2, 0.25) is 0 Å². The van der Waals surface area contributed by atoms with Gasteiger partial charge in [-0.15, -0.1) is 12.8 Å². The van der Waals surface area contributed by atoms with E-state index in [0.717, 1.165) is 5.57 Å². The van der Waals surface area contributed by atoms with Crippen LogP contribution in [0.3, 0.4) is 0 Å². The van der Waals surface area contributed by atoms with Gasteiger partial charge in [0.15, 0.2) is 0 Å². The quantitative estimate of drug-likeness (QED) is 0.473. The minimum Gasteiger partial charge on any atom is -0.118 e. The molecule has 0 spiro atoms. The van der Waals surface area contributed by atoms with E-state index in [4.69, 9.17) is 12.8 Å². The molecule has 0 amide bonds. The SMILES string of the molecule is C#CC1(C#C)[Si]=CC=C2C1=Cc1ccccc12. The Balaban J connectivity index is 2.28. The molecule has 1 radical (unpaired) electrons. The maximum absolute atomic E-state index is 5.67. The largest absolute Gasteiger partial charge is 0.121 e. The molecule has 0 bridgehead atoms. The van der Waals surface area contributed by atoms with E-state index in [1.54, 1.807) is 0 Å². The van der Waals surface area contributed by atoms with Gasteiger partial charge in [0.05, 0.1) is 9.13 Å². The van der Waals surface area contributed by atoms with E-state index in [9.17, 15) is 0 Å². The van der Waals surface area contributed by atoms with E-state index in [0.29, 0.717) is 9.13 Å². The van der Waals surface area contributed by atoms with E-state index in [1.807, 2.05) is 12.1 Å². The summed E-state index contributed by atoms with van der Waals surface area (Å²) in [5.41, 5.74) is 6.86. The molecular formula is C16H9Si. The lowest BCUT2D eigenvalue weighted by Crippen LogP contribution is -2.18. The van der Waals surface area contributed by atoms with Crippen molar-refractivity contribution in [3.63, 3.8) is 0 Å². The van der Waals surface area contributed by atoms with Crippen LogP contribution in [0.15, 0.2) is 35.9 Å². The highest BCUT2D eigenvalue weighted by Crippen LogP contribution is 2.48. The molecule has 1 aliphatic carbocycles. The Bertz CT molecular complexity index is 658.